The zero-order valence-electron chi connectivity index (χ0n) is 66.4. The first kappa shape index (κ1) is 91.3. The van der Waals surface area contributed by atoms with Crippen LogP contribution < -0.4 is 0 Å². The van der Waals surface area contributed by atoms with Crippen LogP contribution in [0.5, 0.6) is 0 Å². The summed E-state index contributed by atoms with van der Waals surface area (Å²) in [7, 11) is 7.36. The molecule has 0 aliphatic heterocycles. The molecule has 22 nitrogen and oxygen atoms in total. The molecule has 0 bridgehead atoms. The maximum absolute atomic E-state index is 11.3. The number of Topliss-reactive ketones (excluding diaryl/α,β-unsaturated/α-hetero) is 3. The van der Waals surface area contributed by atoms with Crippen LogP contribution in [0.3, 0.4) is 0 Å². The first-order valence-electron chi connectivity index (χ1n) is 39.4. The van der Waals surface area contributed by atoms with E-state index in [1.165, 1.54) is 182 Å². The lowest BCUT2D eigenvalue weighted by molar-refractivity contribution is -0.134. The van der Waals surface area contributed by atoms with E-state index in [0.717, 1.165) is 66.4 Å². The molecule has 5 aliphatic rings. The van der Waals surface area contributed by atoms with Crippen LogP contribution in [0.1, 0.15) is 142 Å². The lowest BCUT2D eigenvalue weighted by atomic mass is 9.99. The highest BCUT2D eigenvalue weighted by Gasteiger charge is 2.32. The van der Waals surface area contributed by atoms with Crippen molar-refractivity contribution >= 4 is 263 Å². The summed E-state index contributed by atoms with van der Waals surface area (Å²) in [6, 6.07) is 63.8. The third-order valence-corrected chi connectivity index (χ3v) is 28.7. The number of fused-ring (bicyclic) bond motifs is 5. The molecule has 5 saturated carbocycles. The Kier molecular flexibility index (Phi) is 30.7. The van der Waals surface area contributed by atoms with Crippen molar-refractivity contribution in [1.82, 2.24) is 73.8 Å². The summed E-state index contributed by atoms with van der Waals surface area (Å²) in [5, 5.41) is 65.6. The molecule has 0 saturated heterocycles. The number of thioether (sulfide) groups is 5. The summed E-state index contributed by atoms with van der Waals surface area (Å²) in [6.45, 7) is 4.76. The van der Waals surface area contributed by atoms with Crippen LogP contribution in [0.25, 0.3) is 82.3 Å². The fourth-order valence-corrected chi connectivity index (χ4v) is 21.2. The Labute approximate surface area is 793 Å². The van der Waals surface area contributed by atoms with Crippen LogP contribution in [0.4, 0.5) is 0 Å². The Morgan fingerprint density at radius 3 is 0.661 bits per heavy atom. The van der Waals surface area contributed by atoms with E-state index in [0.29, 0.717) is 80.8 Å². The molecule has 0 spiro atoms. The van der Waals surface area contributed by atoms with Gasteiger partial charge in [0.25, 0.3) is 0 Å². The van der Waals surface area contributed by atoms with Crippen molar-refractivity contribution in [1.29, 1.82) is 0 Å². The molecular weight excluding hydrogens is 2080 g/mol. The minimum Gasteiger partial charge on any atom is -0.481 e. The van der Waals surface area contributed by atoms with Crippen LogP contribution in [-0.4, -0.2) is 140 Å². The third kappa shape index (κ3) is 22.3. The summed E-state index contributed by atoms with van der Waals surface area (Å²) in [5.41, 5.74) is 12.1. The van der Waals surface area contributed by atoms with Crippen molar-refractivity contribution in [3.8, 4) is 28.4 Å². The van der Waals surface area contributed by atoms with Crippen molar-refractivity contribution in [3.05, 3.63) is 233 Å². The first-order valence-corrected chi connectivity index (χ1v) is 51.5. The van der Waals surface area contributed by atoms with Crippen LogP contribution in [0.2, 0.25) is 0 Å². The Hall–Kier alpha value is -7.48. The quantitative estimate of drug-likeness (QED) is 0.0411. The van der Waals surface area contributed by atoms with Gasteiger partial charge in [0, 0.05) is 48.3 Å². The number of hydrogen-bond donors (Lipinski definition) is 1. The minimum atomic E-state index is -1.67. The average Bonchev–Trinajstić information content (AvgIpc) is 1.71. The Morgan fingerprint density at radius 2 is 0.492 bits per heavy atom. The molecule has 15 aromatic rings. The molecule has 636 valence electrons. The van der Waals surface area contributed by atoms with Gasteiger partial charge in [-0.15, -0.1) is 51.0 Å². The predicted octanol–water partition coefficient (Wildman–Crippen LogP) is 24.4. The molecular formula is C88H75Br5Cl3N15O7S6. The highest BCUT2D eigenvalue weighted by atomic mass is 79.9. The van der Waals surface area contributed by atoms with E-state index in [9.17, 15) is 24.0 Å². The number of aromatic nitrogens is 15. The number of hydrogen-bond acceptors (Lipinski definition) is 21. The molecule has 5 aromatic heterocycles. The Morgan fingerprint density at radius 1 is 0.315 bits per heavy atom. The van der Waals surface area contributed by atoms with E-state index < -0.39 is 20.4 Å². The van der Waals surface area contributed by atoms with Crippen molar-refractivity contribution < 1.29 is 33.3 Å². The predicted molar refractivity (Wildman–Crippen MR) is 517 cm³/mol. The molecule has 36 heteroatoms. The Balaban J connectivity index is 0.000000119. The number of carbonyl (C=O) groups is 5. The molecule has 124 heavy (non-hydrogen) atoms. The van der Waals surface area contributed by atoms with Crippen LogP contribution in [-0.2, 0) is 33.2 Å². The number of carbonyl (C=O) groups excluding carboxylic acids is 4. The van der Waals surface area contributed by atoms with Gasteiger partial charge in [-0.2, -0.15) is 0 Å². The number of halogens is 8. The van der Waals surface area contributed by atoms with Gasteiger partial charge in [0.15, 0.2) is 25.8 Å². The fourth-order valence-electron chi connectivity index (χ4n) is 14.7. The lowest BCUT2D eigenvalue weighted by Gasteiger charge is -2.13. The second kappa shape index (κ2) is 41.7. The summed E-state index contributed by atoms with van der Waals surface area (Å²) >= 11 is 29.5. The standard InChI is InChI=1S/3C18H16BrN3OS.C17H13BrClN3OS.C17H14BrN3O2S.Cl2OS/c3*1-11(23)10-24-18-21-20-17(19)22(18)16-9-8-13(12-6-7-12)14-4-2-3-5-15(14)16;18-16-20-21-17(24-9-15(19)23)22(16)14-8-7-11(10-5-6-10)12-3-1-2-4-13(12)14;18-16-19-20-17(24-9-15(22)23)21(16)14-8-7-11(10-5-6-10)12-3-1-2-4-13(12)14;1-4(2)3/h3*2-5,8-9,12H,6-7,10H2,1H3;1-4,7-8,10H,5-6,9H2;1-4,7-8,10H,5-6,9H2,(H,22,23);. The number of carboxylic acids is 1. The topological polar surface area (TPSA) is 276 Å². The molecule has 0 unspecified atom stereocenters. The van der Waals surface area contributed by atoms with Gasteiger partial charge in [-0.05, 0) is 291 Å². The van der Waals surface area contributed by atoms with Crippen molar-refractivity contribution in [2.75, 3.05) is 28.8 Å². The first-order chi connectivity index (χ1) is 60.0. The van der Waals surface area contributed by atoms with Gasteiger partial charge in [0.2, 0.25) is 38.1 Å². The molecule has 10 aromatic carbocycles. The molecule has 0 radical (unpaired) electrons. The average molecular weight is 2150 g/mol. The van der Waals surface area contributed by atoms with E-state index in [-0.39, 0.29) is 28.9 Å². The van der Waals surface area contributed by atoms with Crippen molar-refractivity contribution in [2.24, 2.45) is 0 Å². The normalized spacial score (nSPS) is 14.1. The largest absolute Gasteiger partial charge is 0.481 e. The molecule has 20 rings (SSSR count). The number of rotatable bonds is 25. The van der Waals surface area contributed by atoms with Crippen LogP contribution in [0.15, 0.2) is 231 Å². The molecule has 5 heterocycles. The molecule has 0 atom stereocenters. The summed E-state index contributed by atoms with van der Waals surface area (Å²) in [4.78, 5) is 55.9. The van der Waals surface area contributed by atoms with Crippen molar-refractivity contribution in [2.45, 2.75) is 140 Å². The Bertz CT molecular complexity index is 5700. The summed E-state index contributed by atoms with van der Waals surface area (Å²) in [5.74, 6) is 4.20. The van der Waals surface area contributed by atoms with E-state index in [1.807, 2.05) is 35.0 Å². The summed E-state index contributed by atoms with van der Waals surface area (Å²) < 4.78 is 21.9. The number of aliphatic carboxylic acids is 1. The SMILES string of the molecule is CC(=O)CSc1nnc(Br)n1-c1ccc(C2CC2)c2ccccc12.CC(=O)CSc1nnc(Br)n1-c1ccc(C2CC2)c2ccccc12.CC(=O)CSc1nnc(Br)n1-c1ccc(C2CC2)c2ccccc12.O=C(Cl)CSc1nnc(Br)n1-c1ccc(C2CC2)c2ccccc12.O=C(O)CSc1nnc(Br)n1-c1ccc(C2CC2)c2ccccc12.O=S(Cl)Cl. The van der Waals surface area contributed by atoms with Gasteiger partial charge in [-0.3, -0.25) is 46.8 Å². The number of ketones is 3. The van der Waals surface area contributed by atoms with Gasteiger partial charge in [0.05, 0.1) is 57.2 Å². The lowest BCUT2D eigenvalue weighted by Crippen LogP contribution is -2.03. The maximum Gasteiger partial charge on any atom is 0.313 e. The molecule has 1 N–H and O–H groups in total. The number of nitrogens with zero attached hydrogens (tertiary/aromatic N) is 15. The van der Waals surface area contributed by atoms with Crippen LogP contribution in [0, 0.1) is 0 Å². The third-order valence-electron chi connectivity index (χ3n) is 20.8. The second-order valence-electron chi connectivity index (χ2n) is 29.9. The highest BCUT2D eigenvalue weighted by molar-refractivity contribution is 9.11. The monoisotopic (exact) mass is 2140 g/mol. The zero-order chi connectivity index (χ0) is 87.0. The minimum absolute atomic E-state index is 0.0524. The van der Waals surface area contributed by atoms with Gasteiger partial charge < -0.3 is 5.11 Å². The van der Waals surface area contributed by atoms with E-state index >= 15 is 0 Å². The van der Waals surface area contributed by atoms with Gasteiger partial charge in [-0.25, -0.2) is 4.21 Å². The second-order valence-corrected chi connectivity index (χ2v) is 41.1. The van der Waals surface area contributed by atoms with Gasteiger partial charge in [-0.1, -0.05) is 210 Å². The number of carboxylic acid groups (broad SMARTS) is 1. The molecule has 0 amide bonds. The number of benzene rings is 10. The van der Waals surface area contributed by atoms with E-state index in [1.54, 1.807) is 20.8 Å². The smallest absolute Gasteiger partial charge is 0.313 e. The highest BCUT2D eigenvalue weighted by Crippen LogP contribution is 2.50. The van der Waals surface area contributed by atoms with Crippen molar-refractivity contribution in [3.63, 3.8) is 0 Å². The maximum atomic E-state index is 11.3. The van der Waals surface area contributed by atoms with Crippen LogP contribution >= 0.6 is 171 Å². The van der Waals surface area contributed by atoms with E-state index in [4.69, 9.17) is 20.9 Å². The van der Waals surface area contributed by atoms with E-state index in [2.05, 4.69) is 322 Å². The summed E-state index contributed by atoms with van der Waals surface area (Å²) in [6.07, 6.45) is 12.7. The fraction of sp³-hybridized carbons (Fsp3) is 0.261. The molecule has 5 fully saturated rings. The van der Waals surface area contributed by atoms with Gasteiger partial charge in [0.1, 0.15) is 17.3 Å². The zero-order valence-corrected chi connectivity index (χ0v) is 81.5. The molecule has 5 aliphatic carbocycles. The van der Waals surface area contributed by atoms with Gasteiger partial charge >= 0.3 is 5.97 Å².